The van der Waals surface area contributed by atoms with E-state index in [1.807, 2.05) is 20.8 Å². The number of halogens is 1. The number of anilines is 1. The second-order valence-electron chi connectivity index (χ2n) is 3.69. The molecule has 0 aliphatic carbocycles. The molecule has 0 aliphatic rings. The van der Waals surface area contributed by atoms with Gasteiger partial charge in [-0.05, 0) is 13.3 Å². The molecular formula is C12H19ClN2O3. The molecule has 0 N–H and O–H groups in total. The molecule has 0 bridgehead atoms. The summed E-state index contributed by atoms with van der Waals surface area (Å²) < 4.78 is 10.6. The van der Waals surface area contributed by atoms with Crippen LogP contribution in [0.5, 0.6) is 0 Å². The van der Waals surface area contributed by atoms with Gasteiger partial charge in [0, 0.05) is 13.0 Å². The Kier molecular flexibility index (Phi) is 6.15. The highest BCUT2D eigenvalue weighted by atomic mass is 35.5. The van der Waals surface area contributed by atoms with Crippen molar-refractivity contribution in [3.8, 4) is 0 Å². The Morgan fingerprint density at radius 2 is 2.11 bits per heavy atom. The lowest BCUT2D eigenvalue weighted by molar-refractivity contribution is -0.117. The molecule has 102 valence electrons. The van der Waals surface area contributed by atoms with E-state index in [0.717, 1.165) is 5.69 Å². The van der Waals surface area contributed by atoms with E-state index in [4.69, 9.17) is 20.9 Å². The zero-order chi connectivity index (χ0) is 13.5. The standard InChI is InChI=1S/C12H19ClN2O3/c1-4-9-12(10(5-2)18-14-9)15(8-17-6-3)11(16)7-13/h4-8H2,1-3H3. The molecule has 1 aromatic heterocycles. The summed E-state index contributed by atoms with van der Waals surface area (Å²) in [5.74, 6) is 0.382. The second kappa shape index (κ2) is 7.38. The topological polar surface area (TPSA) is 55.6 Å². The van der Waals surface area contributed by atoms with Gasteiger partial charge in [0.05, 0.1) is 0 Å². The molecule has 0 atom stereocenters. The molecule has 0 aliphatic heterocycles. The number of ether oxygens (including phenoxy) is 1. The number of alkyl halides is 1. The van der Waals surface area contributed by atoms with Gasteiger partial charge in [0.1, 0.15) is 24.0 Å². The Bertz CT molecular complexity index is 371. The van der Waals surface area contributed by atoms with Gasteiger partial charge >= 0.3 is 0 Å². The first-order chi connectivity index (χ1) is 8.69. The van der Waals surface area contributed by atoms with Crippen molar-refractivity contribution in [2.24, 2.45) is 0 Å². The quantitative estimate of drug-likeness (QED) is 0.566. The molecule has 6 heteroatoms. The molecule has 18 heavy (non-hydrogen) atoms. The van der Waals surface area contributed by atoms with E-state index >= 15 is 0 Å². The molecule has 1 rings (SSSR count). The Labute approximate surface area is 112 Å². The van der Waals surface area contributed by atoms with E-state index in [0.29, 0.717) is 30.9 Å². The molecule has 0 unspecified atom stereocenters. The fourth-order valence-electron chi connectivity index (χ4n) is 1.64. The van der Waals surface area contributed by atoms with E-state index in [9.17, 15) is 4.79 Å². The maximum atomic E-state index is 11.9. The number of carbonyl (C=O) groups excluding carboxylic acids is 1. The smallest absolute Gasteiger partial charge is 0.243 e. The van der Waals surface area contributed by atoms with Crippen molar-refractivity contribution in [3.05, 3.63) is 11.5 Å². The largest absolute Gasteiger partial charge is 0.361 e. The highest BCUT2D eigenvalue weighted by Gasteiger charge is 2.24. The van der Waals surface area contributed by atoms with Crippen LogP contribution in [0, 0.1) is 0 Å². The number of nitrogens with zero attached hydrogens (tertiary/aromatic N) is 2. The Morgan fingerprint density at radius 1 is 1.39 bits per heavy atom. The summed E-state index contributed by atoms with van der Waals surface area (Å²) in [7, 11) is 0. The fraction of sp³-hybridized carbons (Fsp3) is 0.667. The summed E-state index contributed by atoms with van der Waals surface area (Å²) in [5.41, 5.74) is 1.46. The molecule has 1 amide bonds. The summed E-state index contributed by atoms with van der Waals surface area (Å²) >= 11 is 5.64. The predicted octanol–water partition coefficient (Wildman–Crippen LogP) is 2.37. The van der Waals surface area contributed by atoms with Gasteiger partial charge in [-0.1, -0.05) is 19.0 Å². The highest BCUT2D eigenvalue weighted by Crippen LogP contribution is 2.27. The number of carbonyl (C=O) groups is 1. The first kappa shape index (κ1) is 15.0. The molecule has 5 nitrogen and oxygen atoms in total. The Balaban J connectivity index is 3.09. The van der Waals surface area contributed by atoms with Gasteiger partial charge in [0.15, 0.2) is 5.76 Å². The SMILES string of the molecule is CCOCN(C(=O)CCl)c1c(CC)noc1CC. The number of rotatable bonds is 7. The predicted molar refractivity (Wildman–Crippen MR) is 70.0 cm³/mol. The molecule has 0 saturated heterocycles. The van der Waals surface area contributed by atoms with E-state index in [1.165, 1.54) is 4.90 Å². The first-order valence-corrected chi connectivity index (χ1v) is 6.64. The van der Waals surface area contributed by atoms with Crippen molar-refractivity contribution in [3.63, 3.8) is 0 Å². The number of amides is 1. The van der Waals surface area contributed by atoms with Gasteiger partial charge in [-0.15, -0.1) is 11.6 Å². The second-order valence-corrected chi connectivity index (χ2v) is 3.95. The van der Waals surface area contributed by atoms with E-state index in [2.05, 4.69) is 5.16 Å². The van der Waals surface area contributed by atoms with Gasteiger partial charge in [-0.2, -0.15) is 0 Å². The minimum absolute atomic E-state index is 0.0927. The van der Waals surface area contributed by atoms with Gasteiger partial charge < -0.3 is 9.26 Å². The third-order valence-electron chi connectivity index (χ3n) is 2.57. The molecule has 1 heterocycles. The molecule has 0 radical (unpaired) electrons. The van der Waals surface area contributed by atoms with Crippen molar-refractivity contribution in [1.29, 1.82) is 0 Å². The lowest BCUT2D eigenvalue weighted by Crippen LogP contribution is -2.35. The monoisotopic (exact) mass is 274 g/mol. The first-order valence-electron chi connectivity index (χ1n) is 6.10. The van der Waals surface area contributed by atoms with Crippen LogP contribution in [0.3, 0.4) is 0 Å². The van der Waals surface area contributed by atoms with Crippen LogP contribution >= 0.6 is 11.6 Å². The summed E-state index contributed by atoms with van der Waals surface area (Å²) in [6.45, 7) is 6.49. The summed E-state index contributed by atoms with van der Waals surface area (Å²) in [5, 5.41) is 3.98. The van der Waals surface area contributed by atoms with Crippen LogP contribution in [0.25, 0.3) is 0 Å². The molecule has 0 spiro atoms. The van der Waals surface area contributed by atoms with Crippen molar-refractivity contribution >= 4 is 23.2 Å². The van der Waals surface area contributed by atoms with Gasteiger partial charge in [0.25, 0.3) is 0 Å². The van der Waals surface area contributed by atoms with Crippen LogP contribution < -0.4 is 4.90 Å². The average molecular weight is 275 g/mol. The van der Waals surface area contributed by atoms with Crippen LogP contribution in [0.1, 0.15) is 32.2 Å². The van der Waals surface area contributed by atoms with Crippen LogP contribution in [-0.2, 0) is 22.4 Å². The lowest BCUT2D eigenvalue weighted by Gasteiger charge is -2.21. The fourth-order valence-corrected chi connectivity index (χ4v) is 1.79. The zero-order valence-corrected chi connectivity index (χ0v) is 11.8. The normalized spacial score (nSPS) is 10.7. The number of hydrogen-bond acceptors (Lipinski definition) is 4. The molecule has 1 aromatic rings. The average Bonchev–Trinajstić information content (AvgIpc) is 2.81. The maximum Gasteiger partial charge on any atom is 0.243 e. The number of hydrogen-bond donors (Lipinski definition) is 0. The van der Waals surface area contributed by atoms with Crippen LogP contribution in [-0.4, -0.2) is 30.3 Å². The number of aryl methyl sites for hydroxylation is 2. The van der Waals surface area contributed by atoms with Crippen LogP contribution in [0.15, 0.2) is 4.52 Å². The van der Waals surface area contributed by atoms with E-state index in [1.54, 1.807) is 0 Å². The summed E-state index contributed by atoms with van der Waals surface area (Å²) in [4.78, 5) is 13.4. The molecule has 0 saturated carbocycles. The van der Waals surface area contributed by atoms with Crippen LogP contribution in [0.2, 0.25) is 0 Å². The third kappa shape index (κ3) is 3.23. The zero-order valence-electron chi connectivity index (χ0n) is 11.0. The van der Waals surface area contributed by atoms with Crippen LogP contribution in [0.4, 0.5) is 5.69 Å². The van der Waals surface area contributed by atoms with E-state index in [-0.39, 0.29) is 18.5 Å². The van der Waals surface area contributed by atoms with Crippen molar-refractivity contribution in [2.75, 3.05) is 24.1 Å². The maximum absolute atomic E-state index is 11.9. The highest BCUT2D eigenvalue weighted by molar-refractivity contribution is 6.29. The molecule has 0 fully saturated rings. The van der Waals surface area contributed by atoms with Gasteiger partial charge in [0.2, 0.25) is 5.91 Å². The van der Waals surface area contributed by atoms with Crippen molar-refractivity contribution in [1.82, 2.24) is 5.16 Å². The third-order valence-corrected chi connectivity index (χ3v) is 2.80. The van der Waals surface area contributed by atoms with E-state index < -0.39 is 0 Å². The molecule has 0 aromatic carbocycles. The summed E-state index contributed by atoms with van der Waals surface area (Å²) in [6, 6.07) is 0. The molecular weight excluding hydrogens is 256 g/mol. The summed E-state index contributed by atoms with van der Waals surface area (Å²) in [6.07, 6.45) is 1.36. The lowest BCUT2D eigenvalue weighted by atomic mass is 10.2. The van der Waals surface area contributed by atoms with Gasteiger partial charge in [-0.25, -0.2) is 0 Å². The van der Waals surface area contributed by atoms with Gasteiger partial charge in [-0.3, -0.25) is 9.69 Å². The number of aromatic nitrogens is 1. The minimum atomic E-state index is -0.210. The minimum Gasteiger partial charge on any atom is -0.361 e. The Morgan fingerprint density at radius 3 is 2.61 bits per heavy atom. The van der Waals surface area contributed by atoms with Crippen molar-refractivity contribution in [2.45, 2.75) is 33.6 Å². The Hall–Kier alpha value is -1.07. The van der Waals surface area contributed by atoms with Crippen molar-refractivity contribution < 1.29 is 14.1 Å².